The molecule has 4 aliphatic carbocycles. The van der Waals surface area contributed by atoms with E-state index in [4.69, 9.17) is 9.47 Å². The second-order valence-electron chi connectivity index (χ2n) is 12.9. The molecule has 0 aromatic rings. The quantitative estimate of drug-likeness (QED) is 0.323. The van der Waals surface area contributed by atoms with Gasteiger partial charge in [0.25, 0.3) is 0 Å². The van der Waals surface area contributed by atoms with Gasteiger partial charge in [0.05, 0.1) is 12.5 Å². The second kappa shape index (κ2) is 9.58. The first kappa shape index (κ1) is 25.7. The van der Waals surface area contributed by atoms with Crippen molar-refractivity contribution in [3.05, 3.63) is 0 Å². The first-order chi connectivity index (χ1) is 16.0. The standard InChI is InChI=1S/C29H46O5/c1-7-19-21-10-8-9-14-28(21,5)23-13-15-29(6)20(11-12-22(29)24(23)25(19)30)18(4)26(31)34-27(32)33-16-17(2)3/h17-24H,7-16H2,1-6H3/t18-,19+,20?,21-,22-,23-,24-,28-,29+/m0/s1. The van der Waals surface area contributed by atoms with E-state index in [1.165, 1.54) is 25.7 Å². The summed E-state index contributed by atoms with van der Waals surface area (Å²) in [7, 11) is 0. The summed E-state index contributed by atoms with van der Waals surface area (Å²) in [4.78, 5) is 38.9. The Bertz CT molecular complexity index is 804. The largest absolute Gasteiger partial charge is 0.516 e. The Morgan fingerprint density at radius 1 is 0.941 bits per heavy atom. The number of carbonyl (C=O) groups excluding carboxylic acids is 3. The Labute approximate surface area is 206 Å². The van der Waals surface area contributed by atoms with E-state index >= 15 is 0 Å². The van der Waals surface area contributed by atoms with Crippen LogP contribution in [0.15, 0.2) is 0 Å². The molecule has 0 saturated heterocycles. The van der Waals surface area contributed by atoms with Crippen LogP contribution in [0.25, 0.3) is 0 Å². The van der Waals surface area contributed by atoms with Gasteiger partial charge in [-0.25, -0.2) is 4.79 Å². The summed E-state index contributed by atoms with van der Waals surface area (Å²) in [5, 5.41) is 0. The van der Waals surface area contributed by atoms with Crippen LogP contribution in [0, 0.1) is 58.2 Å². The van der Waals surface area contributed by atoms with Gasteiger partial charge in [0, 0.05) is 11.8 Å². The first-order valence-electron chi connectivity index (χ1n) is 14.0. The lowest BCUT2D eigenvalue weighted by atomic mass is 9.42. The molecule has 1 unspecified atom stereocenters. The van der Waals surface area contributed by atoms with Gasteiger partial charge in [0.1, 0.15) is 5.78 Å². The van der Waals surface area contributed by atoms with Crippen LogP contribution in [0.5, 0.6) is 0 Å². The molecule has 192 valence electrons. The van der Waals surface area contributed by atoms with Gasteiger partial charge >= 0.3 is 12.1 Å². The molecule has 0 radical (unpaired) electrons. The minimum absolute atomic E-state index is 0.0622. The van der Waals surface area contributed by atoms with E-state index in [1.807, 2.05) is 20.8 Å². The molecule has 4 rings (SSSR count). The highest BCUT2D eigenvalue weighted by atomic mass is 16.7. The maximum Gasteiger partial charge on any atom is 0.516 e. The van der Waals surface area contributed by atoms with Gasteiger partial charge in [-0.3, -0.25) is 9.59 Å². The zero-order valence-corrected chi connectivity index (χ0v) is 22.2. The van der Waals surface area contributed by atoms with Crippen molar-refractivity contribution in [2.75, 3.05) is 6.61 Å². The van der Waals surface area contributed by atoms with Gasteiger partial charge < -0.3 is 9.47 Å². The van der Waals surface area contributed by atoms with Gasteiger partial charge in [0.2, 0.25) is 0 Å². The lowest BCUT2D eigenvalue weighted by molar-refractivity contribution is -0.169. The van der Waals surface area contributed by atoms with Crippen LogP contribution in [0.2, 0.25) is 0 Å². The number of carbonyl (C=O) groups is 3. The number of ether oxygens (including phenoxy) is 2. The van der Waals surface area contributed by atoms with Crippen molar-refractivity contribution >= 4 is 17.9 Å². The fourth-order valence-electron chi connectivity index (χ4n) is 9.18. The minimum atomic E-state index is -0.890. The average Bonchev–Trinajstić information content (AvgIpc) is 3.14. The van der Waals surface area contributed by atoms with Crippen LogP contribution in [0.1, 0.15) is 99.3 Å². The lowest BCUT2D eigenvalue weighted by Gasteiger charge is -2.61. The van der Waals surface area contributed by atoms with E-state index in [2.05, 4.69) is 20.8 Å². The summed E-state index contributed by atoms with van der Waals surface area (Å²) in [5.74, 6) is 1.69. The molecule has 5 heteroatoms. The molecule has 34 heavy (non-hydrogen) atoms. The van der Waals surface area contributed by atoms with E-state index in [-0.39, 0.29) is 47.0 Å². The van der Waals surface area contributed by atoms with Crippen molar-refractivity contribution < 1.29 is 23.9 Å². The number of Topliss-reactive ketones (excluding diaryl/α,β-unsaturated/α-hetero) is 1. The minimum Gasteiger partial charge on any atom is -0.434 e. The predicted octanol–water partition coefficient (Wildman–Crippen LogP) is 6.82. The number of fused-ring (bicyclic) bond motifs is 5. The van der Waals surface area contributed by atoms with E-state index in [0.29, 0.717) is 23.5 Å². The number of esters is 1. The Kier molecular flexibility index (Phi) is 7.24. The van der Waals surface area contributed by atoms with Crippen molar-refractivity contribution in [3.8, 4) is 0 Å². The summed E-state index contributed by atoms with van der Waals surface area (Å²) in [5.41, 5.74) is 0.217. The Morgan fingerprint density at radius 2 is 1.65 bits per heavy atom. The van der Waals surface area contributed by atoms with Gasteiger partial charge in [-0.1, -0.05) is 54.4 Å². The van der Waals surface area contributed by atoms with Crippen LogP contribution < -0.4 is 0 Å². The molecule has 4 fully saturated rings. The molecule has 0 bridgehead atoms. The molecule has 0 amide bonds. The molecule has 0 N–H and O–H groups in total. The van der Waals surface area contributed by atoms with Crippen molar-refractivity contribution in [2.24, 2.45) is 58.2 Å². The molecule has 9 atom stereocenters. The lowest BCUT2D eigenvalue weighted by Crippen LogP contribution is -2.59. The SMILES string of the molecule is CC[C@H]1C(=O)[C@@H]2[C@H](CC[C@]3(C)C([C@H](C)C(=O)OC(=O)OCC(C)C)CC[C@@H]23)[C@@]2(C)CCCC[C@@H]12. The third-order valence-corrected chi connectivity index (χ3v) is 10.8. The summed E-state index contributed by atoms with van der Waals surface area (Å²) in [6, 6.07) is 0. The highest BCUT2D eigenvalue weighted by molar-refractivity contribution is 5.86. The van der Waals surface area contributed by atoms with Crippen molar-refractivity contribution in [2.45, 2.75) is 99.3 Å². The molecule has 0 aliphatic heterocycles. The van der Waals surface area contributed by atoms with E-state index in [1.54, 1.807) is 0 Å². The van der Waals surface area contributed by atoms with Crippen molar-refractivity contribution in [3.63, 3.8) is 0 Å². The van der Waals surface area contributed by atoms with E-state index in [9.17, 15) is 14.4 Å². The van der Waals surface area contributed by atoms with Crippen LogP contribution in [0.3, 0.4) is 0 Å². The highest BCUT2D eigenvalue weighted by Gasteiger charge is 2.65. The fraction of sp³-hybridized carbons (Fsp3) is 0.897. The first-order valence-corrected chi connectivity index (χ1v) is 14.0. The number of hydrogen-bond donors (Lipinski definition) is 0. The molecule has 0 aromatic heterocycles. The van der Waals surface area contributed by atoms with E-state index in [0.717, 1.165) is 32.1 Å². The highest BCUT2D eigenvalue weighted by Crippen LogP contribution is 2.68. The van der Waals surface area contributed by atoms with Crippen molar-refractivity contribution in [1.82, 2.24) is 0 Å². The molecule has 0 heterocycles. The summed E-state index contributed by atoms with van der Waals surface area (Å²) < 4.78 is 10.1. The average molecular weight is 475 g/mol. The molecule has 0 spiro atoms. The topological polar surface area (TPSA) is 69.7 Å². The van der Waals surface area contributed by atoms with Crippen LogP contribution in [-0.2, 0) is 19.1 Å². The summed E-state index contributed by atoms with van der Waals surface area (Å²) in [6.07, 6.45) is 9.17. The molecule has 4 saturated carbocycles. The number of rotatable bonds is 5. The number of ketones is 1. The maximum atomic E-state index is 14.0. The zero-order chi connectivity index (χ0) is 24.8. The van der Waals surface area contributed by atoms with Crippen molar-refractivity contribution in [1.29, 1.82) is 0 Å². The Morgan fingerprint density at radius 3 is 2.32 bits per heavy atom. The van der Waals surface area contributed by atoms with Gasteiger partial charge in [0.15, 0.2) is 0 Å². The van der Waals surface area contributed by atoms with Crippen LogP contribution in [0.4, 0.5) is 4.79 Å². The molecule has 4 aliphatic rings. The molecular weight excluding hydrogens is 428 g/mol. The van der Waals surface area contributed by atoms with Gasteiger partial charge in [-0.15, -0.1) is 0 Å². The molecule has 0 aromatic carbocycles. The fourth-order valence-corrected chi connectivity index (χ4v) is 9.18. The predicted molar refractivity (Wildman–Crippen MR) is 131 cm³/mol. The molecule has 5 nitrogen and oxygen atoms in total. The maximum absolute atomic E-state index is 14.0. The van der Waals surface area contributed by atoms with Crippen LogP contribution >= 0.6 is 0 Å². The summed E-state index contributed by atoms with van der Waals surface area (Å²) >= 11 is 0. The smallest absolute Gasteiger partial charge is 0.434 e. The zero-order valence-electron chi connectivity index (χ0n) is 22.2. The Balaban J connectivity index is 1.53. The normalized spacial score (nSPS) is 42.4. The summed E-state index contributed by atoms with van der Waals surface area (Å²) in [6.45, 7) is 13.1. The molecular formula is C29H46O5. The monoisotopic (exact) mass is 474 g/mol. The third-order valence-electron chi connectivity index (χ3n) is 10.8. The van der Waals surface area contributed by atoms with Crippen LogP contribution in [-0.4, -0.2) is 24.5 Å². The third kappa shape index (κ3) is 4.13. The van der Waals surface area contributed by atoms with Gasteiger partial charge in [-0.05, 0) is 85.4 Å². The second-order valence-corrected chi connectivity index (χ2v) is 12.9. The Hall–Kier alpha value is -1.39. The van der Waals surface area contributed by atoms with E-state index < -0.39 is 12.1 Å². The van der Waals surface area contributed by atoms with Gasteiger partial charge in [-0.2, -0.15) is 0 Å². The number of hydrogen-bond acceptors (Lipinski definition) is 5.